The Bertz CT molecular complexity index is 1020. The summed E-state index contributed by atoms with van der Waals surface area (Å²) in [6.07, 6.45) is -0.346. The first-order valence-electron chi connectivity index (χ1n) is 8.06. The molecule has 0 radical (unpaired) electrons. The molecule has 25 heavy (non-hydrogen) atoms. The number of hydrogen-bond donors (Lipinski definition) is 0. The highest BCUT2D eigenvalue weighted by molar-refractivity contribution is 5.73. The maximum Gasteiger partial charge on any atom is 0.207 e. The first-order chi connectivity index (χ1) is 12.4. The predicted octanol–water partition coefficient (Wildman–Crippen LogP) is 3.27. The lowest BCUT2D eigenvalue weighted by Crippen LogP contribution is -2.24. The standard InChI is InChI=1S/C19H14N6/c1-2-8-14(9-3-1)19(24-20-15-10-4-5-11-16(15)21-24)25-22-17-12-6-7-13-18(17)23-25/h1-13,19H. The quantitative estimate of drug-likeness (QED) is 0.510. The number of nitrogens with zero attached hydrogens (tertiary/aromatic N) is 6. The minimum Gasteiger partial charge on any atom is -0.152 e. The lowest BCUT2D eigenvalue weighted by molar-refractivity contribution is 0.349. The molecule has 0 atom stereocenters. The van der Waals surface area contributed by atoms with Crippen molar-refractivity contribution in [2.75, 3.05) is 0 Å². The minimum atomic E-state index is -0.346. The maximum absolute atomic E-state index is 4.64. The topological polar surface area (TPSA) is 61.4 Å². The zero-order valence-electron chi connectivity index (χ0n) is 13.3. The lowest BCUT2D eigenvalue weighted by atomic mass is 10.2. The normalized spacial score (nSPS) is 11.6. The number of aromatic nitrogens is 6. The van der Waals surface area contributed by atoms with Gasteiger partial charge in [0.05, 0.1) is 0 Å². The summed E-state index contributed by atoms with van der Waals surface area (Å²) in [7, 11) is 0. The third-order valence-electron chi connectivity index (χ3n) is 4.14. The molecule has 120 valence electrons. The summed E-state index contributed by atoms with van der Waals surface area (Å²) < 4.78 is 0. The number of rotatable bonds is 3. The first-order valence-corrected chi connectivity index (χ1v) is 8.06. The van der Waals surface area contributed by atoms with E-state index in [-0.39, 0.29) is 6.17 Å². The molecule has 5 rings (SSSR count). The Hall–Kier alpha value is -3.54. The van der Waals surface area contributed by atoms with Gasteiger partial charge in [-0.2, -0.15) is 30.0 Å². The molecule has 0 aliphatic heterocycles. The van der Waals surface area contributed by atoms with E-state index in [0.29, 0.717) is 0 Å². The van der Waals surface area contributed by atoms with E-state index in [4.69, 9.17) is 0 Å². The molecule has 5 aromatic rings. The van der Waals surface area contributed by atoms with Crippen LogP contribution in [0, 0.1) is 0 Å². The van der Waals surface area contributed by atoms with Crippen LogP contribution in [-0.2, 0) is 0 Å². The average Bonchev–Trinajstić information content (AvgIpc) is 3.26. The van der Waals surface area contributed by atoms with Gasteiger partial charge < -0.3 is 0 Å². The summed E-state index contributed by atoms with van der Waals surface area (Å²) in [4.78, 5) is 3.36. The third-order valence-corrected chi connectivity index (χ3v) is 4.14. The fourth-order valence-corrected chi connectivity index (χ4v) is 2.96. The minimum absolute atomic E-state index is 0.346. The van der Waals surface area contributed by atoms with Crippen molar-refractivity contribution in [1.82, 2.24) is 30.0 Å². The highest BCUT2D eigenvalue weighted by Crippen LogP contribution is 2.21. The van der Waals surface area contributed by atoms with Gasteiger partial charge in [0.1, 0.15) is 22.1 Å². The van der Waals surface area contributed by atoms with Gasteiger partial charge in [-0.05, 0) is 24.3 Å². The van der Waals surface area contributed by atoms with Crippen LogP contribution in [0.4, 0.5) is 0 Å². The molecule has 6 nitrogen and oxygen atoms in total. The molecule has 0 fully saturated rings. The molecular formula is C19H14N6. The van der Waals surface area contributed by atoms with Crippen molar-refractivity contribution < 1.29 is 0 Å². The van der Waals surface area contributed by atoms with Gasteiger partial charge in [-0.3, -0.25) is 0 Å². The SMILES string of the molecule is c1ccc(C(n2nc3ccccc3n2)n2nc3ccccc3n2)cc1. The molecule has 0 N–H and O–H groups in total. The summed E-state index contributed by atoms with van der Waals surface area (Å²) >= 11 is 0. The first kappa shape index (κ1) is 13.9. The maximum atomic E-state index is 4.64. The second-order valence-electron chi connectivity index (χ2n) is 5.80. The van der Waals surface area contributed by atoms with Crippen LogP contribution < -0.4 is 0 Å². The molecule has 0 amide bonds. The van der Waals surface area contributed by atoms with Crippen LogP contribution in [0.25, 0.3) is 22.1 Å². The Kier molecular flexibility index (Phi) is 3.06. The van der Waals surface area contributed by atoms with Gasteiger partial charge in [0.25, 0.3) is 0 Å². The Morgan fingerprint density at radius 1 is 0.480 bits per heavy atom. The number of hydrogen-bond acceptors (Lipinski definition) is 4. The van der Waals surface area contributed by atoms with E-state index < -0.39 is 0 Å². The van der Waals surface area contributed by atoms with E-state index in [1.54, 1.807) is 9.59 Å². The Morgan fingerprint density at radius 3 is 1.24 bits per heavy atom. The van der Waals surface area contributed by atoms with Crippen LogP contribution in [0.15, 0.2) is 78.9 Å². The number of benzene rings is 3. The summed E-state index contributed by atoms with van der Waals surface area (Å²) in [6.45, 7) is 0. The number of fused-ring (bicyclic) bond motifs is 2. The predicted molar refractivity (Wildman–Crippen MR) is 95.0 cm³/mol. The molecule has 0 aliphatic carbocycles. The summed E-state index contributed by atoms with van der Waals surface area (Å²) in [5.74, 6) is 0. The van der Waals surface area contributed by atoms with E-state index in [9.17, 15) is 0 Å². The highest BCUT2D eigenvalue weighted by atomic mass is 15.6. The van der Waals surface area contributed by atoms with Crippen molar-refractivity contribution in [3.63, 3.8) is 0 Å². The van der Waals surface area contributed by atoms with Crippen LogP contribution in [-0.4, -0.2) is 30.0 Å². The molecule has 2 aromatic heterocycles. The van der Waals surface area contributed by atoms with Crippen molar-refractivity contribution in [3.8, 4) is 0 Å². The Morgan fingerprint density at radius 2 is 0.840 bits per heavy atom. The van der Waals surface area contributed by atoms with E-state index in [1.807, 2.05) is 78.9 Å². The van der Waals surface area contributed by atoms with E-state index in [2.05, 4.69) is 20.4 Å². The molecule has 2 heterocycles. The molecule has 0 saturated heterocycles. The largest absolute Gasteiger partial charge is 0.207 e. The molecule has 0 saturated carbocycles. The molecule has 0 unspecified atom stereocenters. The van der Waals surface area contributed by atoms with Crippen molar-refractivity contribution in [1.29, 1.82) is 0 Å². The Balaban J connectivity index is 1.73. The zero-order valence-corrected chi connectivity index (χ0v) is 13.3. The highest BCUT2D eigenvalue weighted by Gasteiger charge is 2.21. The van der Waals surface area contributed by atoms with Gasteiger partial charge in [-0.25, -0.2) is 0 Å². The second-order valence-corrected chi connectivity index (χ2v) is 5.80. The van der Waals surface area contributed by atoms with Crippen molar-refractivity contribution >= 4 is 22.1 Å². The van der Waals surface area contributed by atoms with Gasteiger partial charge in [0.2, 0.25) is 6.17 Å². The third kappa shape index (κ3) is 2.35. The van der Waals surface area contributed by atoms with E-state index in [0.717, 1.165) is 27.6 Å². The molecule has 0 aliphatic rings. The summed E-state index contributed by atoms with van der Waals surface area (Å²) in [5, 5.41) is 18.6. The van der Waals surface area contributed by atoms with Gasteiger partial charge in [-0.1, -0.05) is 54.6 Å². The van der Waals surface area contributed by atoms with Crippen molar-refractivity contribution in [2.45, 2.75) is 6.17 Å². The summed E-state index contributed by atoms with van der Waals surface area (Å²) in [6, 6.07) is 25.7. The van der Waals surface area contributed by atoms with E-state index >= 15 is 0 Å². The second kappa shape index (κ2) is 5.52. The van der Waals surface area contributed by atoms with Gasteiger partial charge in [-0.15, -0.1) is 0 Å². The van der Waals surface area contributed by atoms with Crippen LogP contribution in [0.2, 0.25) is 0 Å². The van der Waals surface area contributed by atoms with Crippen LogP contribution in [0.3, 0.4) is 0 Å². The monoisotopic (exact) mass is 326 g/mol. The smallest absolute Gasteiger partial charge is 0.152 e. The van der Waals surface area contributed by atoms with Crippen LogP contribution in [0.5, 0.6) is 0 Å². The average molecular weight is 326 g/mol. The van der Waals surface area contributed by atoms with Gasteiger partial charge in [0, 0.05) is 5.56 Å². The van der Waals surface area contributed by atoms with Crippen molar-refractivity contribution in [2.24, 2.45) is 0 Å². The van der Waals surface area contributed by atoms with Gasteiger partial charge >= 0.3 is 0 Å². The summed E-state index contributed by atoms with van der Waals surface area (Å²) in [5.41, 5.74) is 4.41. The fraction of sp³-hybridized carbons (Fsp3) is 0.0526. The molecule has 6 heteroatoms. The molecular weight excluding hydrogens is 312 g/mol. The van der Waals surface area contributed by atoms with Crippen molar-refractivity contribution in [3.05, 3.63) is 84.4 Å². The van der Waals surface area contributed by atoms with E-state index in [1.165, 1.54) is 0 Å². The Labute approximate surface area is 143 Å². The van der Waals surface area contributed by atoms with Crippen LogP contribution in [0.1, 0.15) is 11.7 Å². The zero-order chi connectivity index (χ0) is 16.6. The molecule has 3 aromatic carbocycles. The fourth-order valence-electron chi connectivity index (χ4n) is 2.96. The van der Waals surface area contributed by atoms with Crippen LogP contribution >= 0.6 is 0 Å². The molecule has 0 spiro atoms. The molecule has 0 bridgehead atoms. The van der Waals surface area contributed by atoms with Gasteiger partial charge in [0.15, 0.2) is 0 Å². The lowest BCUT2D eigenvalue weighted by Gasteiger charge is -2.15.